The van der Waals surface area contributed by atoms with Crippen LogP contribution in [0.2, 0.25) is 0 Å². The van der Waals surface area contributed by atoms with Crippen LogP contribution in [0, 0.1) is 24.3 Å². The van der Waals surface area contributed by atoms with Crippen LogP contribution in [-0.4, -0.2) is 13.3 Å². The van der Waals surface area contributed by atoms with Gasteiger partial charge in [0.05, 0.1) is 0 Å². The molecule has 3 aromatic carbocycles. The van der Waals surface area contributed by atoms with Crippen LogP contribution in [0.15, 0.2) is 42.5 Å². The topological polar surface area (TPSA) is 95.1 Å². The molecule has 0 saturated carbocycles. The molecule has 0 aromatic heterocycles. The molecule has 6 N–H and O–H groups in total. The summed E-state index contributed by atoms with van der Waals surface area (Å²) in [5.74, 6) is 1.41. The normalized spacial score (nSPS) is 10.7. The lowest BCUT2D eigenvalue weighted by Crippen LogP contribution is -2.10. The molecule has 0 atom stereocenters. The van der Waals surface area contributed by atoms with Crippen LogP contribution < -0.4 is 22.5 Å². The SMILES string of the molecule is CC.Cc1cc(I)cc(C(C)C)c1N.Cc1cc(P(C)(C)=O)cc(C(C)C)c1N.Cc1cccc(C(C)C)c1N.[2H]C. The second-order valence-electron chi connectivity index (χ2n) is 11.4. The summed E-state index contributed by atoms with van der Waals surface area (Å²) < 4.78 is 19.0. The third kappa shape index (κ3) is 12.8. The average molecular weight is 697 g/mol. The molecule has 3 aromatic rings. The van der Waals surface area contributed by atoms with Crippen molar-refractivity contribution in [3.8, 4) is 0 Å². The van der Waals surface area contributed by atoms with Crippen molar-refractivity contribution in [3.05, 3.63) is 79.4 Å². The van der Waals surface area contributed by atoms with Gasteiger partial charge in [-0.2, -0.15) is 0 Å². The van der Waals surface area contributed by atoms with E-state index in [1.807, 2.05) is 45.9 Å². The maximum absolute atomic E-state index is 12.0. The highest BCUT2D eigenvalue weighted by Gasteiger charge is 2.16. The van der Waals surface area contributed by atoms with Gasteiger partial charge in [-0.3, -0.25) is 0 Å². The van der Waals surface area contributed by atoms with Crippen molar-refractivity contribution >= 4 is 52.1 Å². The van der Waals surface area contributed by atoms with E-state index in [1.165, 1.54) is 33.2 Å². The second-order valence-corrected chi connectivity index (χ2v) is 15.8. The molecule has 0 amide bonds. The van der Waals surface area contributed by atoms with Crippen LogP contribution in [0.3, 0.4) is 0 Å². The quantitative estimate of drug-likeness (QED) is 0.144. The first-order valence-electron chi connectivity index (χ1n) is 15.2. The number of hydrogen-bond donors (Lipinski definition) is 3. The van der Waals surface area contributed by atoms with Gasteiger partial charge < -0.3 is 21.8 Å². The Bertz CT molecular complexity index is 1280. The Morgan fingerprint density at radius 3 is 1.46 bits per heavy atom. The molecule has 0 spiro atoms. The molecule has 0 bridgehead atoms. The molecular formula is C35H59IN3OP. The minimum Gasteiger partial charge on any atom is -0.398 e. The van der Waals surface area contributed by atoms with Crippen molar-refractivity contribution in [2.75, 3.05) is 30.5 Å². The Kier molecular flexibility index (Phi) is 17.6. The summed E-state index contributed by atoms with van der Waals surface area (Å²) in [5, 5.41) is 0.929. The van der Waals surface area contributed by atoms with Crippen molar-refractivity contribution in [2.45, 2.75) is 101 Å². The van der Waals surface area contributed by atoms with E-state index in [1.54, 1.807) is 13.3 Å². The van der Waals surface area contributed by atoms with Gasteiger partial charge in [-0.15, -0.1) is 0 Å². The van der Waals surface area contributed by atoms with Crippen LogP contribution in [-0.2, 0) is 4.57 Å². The number of para-hydroxylation sites is 1. The molecule has 0 fully saturated rings. The Hall–Kier alpha value is -1.98. The van der Waals surface area contributed by atoms with Gasteiger partial charge in [-0.25, -0.2) is 0 Å². The summed E-state index contributed by atoms with van der Waals surface area (Å²) in [6, 6.07) is 14.4. The van der Waals surface area contributed by atoms with E-state index in [-0.39, 0.29) is 0 Å². The lowest BCUT2D eigenvalue weighted by molar-refractivity contribution is 0.588. The standard InChI is InChI=1S/C12H20NOP.C10H14IN.C10H15N.C2H6.CH4/c1-8(2)11-7-10(15(4,5)14)6-9(3)12(11)13;1-6(2)9-5-8(11)4-7(3)10(9)12;1-7(2)9-6-4-5-8(3)10(9)11;1-2;/h6-8H,13H2,1-5H3;4-6H,12H2,1-3H3;4-7H,11H2,1-3H3;1-2H3;1H4/i;;;;1D. The number of nitrogens with two attached hydrogens (primary N) is 3. The van der Waals surface area contributed by atoms with E-state index in [0.717, 1.165) is 33.5 Å². The van der Waals surface area contributed by atoms with Crippen molar-refractivity contribution in [1.29, 1.82) is 0 Å². The minimum absolute atomic E-state index is 0.371. The molecule has 3 rings (SSSR count). The van der Waals surface area contributed by atoms with E-state index in [0.29, 0.717) is 17.8 Å². The fraction of sp³-hybridized carbons (Fsp3) is 0.486. The van der Waals surface area contributed by atoms with Crippen molar-refractivity contribution in [1.82, 2.24) is 0 Å². The van der Waals surface area contributed by atoms with Crippen molar-refractivity contribution in [2.24, 2.45) is 0 Å². The molecular weight excluding hydrogens is 636 g/mol. The van der Waals surface area contributed by atoms with E-state index < -0.39 is 7.14 Å². The number of benzene rings is 3. The summed E-state index contributed by atoms with van der Waals surface area (Å²) in [6.45, 7) is 26.5. The summed E-state index contributed by atoms with van der Waals surface area (Å²) in [6.07, 6.45) is 0. The summed E-state index contributed by atoms with van der Waals surface area (Å²) in [5.41, 5.74) is 27.6. The number of nitrogen functional groups attached to an aromatic ring is 3. The van der Waals surface area contributed by atoms with Crippen LogP contribution in [0.25, 0.3) is 0 Å². The van der Waals surface area contributed by atoms with Crippen LogP contribution in [0.5, 0.6) is 0 Å². The third-order valence-corrected chi connectivity index (χ3v) is 8.76. The maximum Gasteiger partial charge on any atom is 0.109 e. The molecule has 0 saturated heterocycles. The van der Waals surface area contributed by atoms with E-state index in [9.17, 15) is 4.57 Å². The average Bonchev–Trinajstić information content (AvgIpc) is 2.91. The molecule has 0 aliphatic carbocycles. The smallest absolute Gasteiger partial charge is 0.109 e. The zero-order valence-corrected chi connectivity index (χ0v) is 31.3. The fourth-order valence-electron chi connectivity index (χ4n) is 4.06. The number of aryl methyl sites for hydroxylation is 3. The summed E-state index contributed by atoms with van der Waals surface area (Å²) in [7, 11) is -0.937. The van der Waals surface area contributed by atoms with Gasteiger partial charge in [0.25, 0.3) is 0 Å². The number of anilines is 3. The molecule has 0 heterocycles. The molecule has 0 aliphatic heterocycles. The van der Waals surface area contributed by atoms with Gasteiger partial charge in [0, 0.05) is 27.3 Å². The predicted octanol–water partition coefficient (Wildman–Crippen LogP) is 10.6. The van der Waals surface area contributed by atoms with Crippen molar-refractivity contribution < 1.29 is 5.94 Å². The fourth-order valence-corrected chi connectivity index (χ4v) is 5.82. The highest BCUT2D eigenvalue weighted by atomic mass is 127. The zero-order valence-electron chi connectivity index (χ0n) is 29.2. The maximum atomic E-state index is 12.0. The van der Waals surface area contributed by atoms with Crippen molar-refractivity contribution in [3.63, 3.8) is 0 Å². The highest BCUT2D eigenvalue weighted by Crippen LogP contribution is 2.37. The van der Waals surface area contributed by atoms with Gasteiger partial charge in [0.1, 0.15) is 7.14 Å². The molecule has 6 heteroatoms. The van der Waals surface area contributed by atoms with Crippen LogP contribution in [0.4, 0.5) is 17.1 Å². The third-order valence-electron chi connectivity index (χ3n) is 6.63. The van der Waals surface area contributed by atoms with E-state index in [2.05, 4.69) is 95.3 Å². The first-order valence-corrected chi connectivity index (χ1v) is 17.9. The lowest BCUT2D eigenvalue weighted by Gasteiger charge is -2.16. The monoisotopic (exact) mass is 696 g/mol. The van der Waals surface area contributed by atoms with Gasteiger partial charge >= 0.3 is 0 Å². The lowest BCUT2D eigenvalue weighted by atomic mass is 9.99. The van der Waals surface area contributed by atoms with Gasteiger partial charge in [0.15, 0.2) is 0 Å². The number of halogens is 1. The van der Waals surface area contributed by atoms with E-state index >= 15 is 0 Å². The predicted molar refractivity (Wildman–Crippen MR) is 199 cm³/mol. The number of rotatable bonds is 4. The molecule has 0 radical (unpaired) electrons. The number of hydrogen-bond acceptors (Lipinski definition) is 4. The van der Waals surface area contributed by atoms with Crippen LogP contribution in [0.1, 0.15) is 115 Å². The summed E-state index contributed by atoms with van der Waals surface area (Å²) in [4.78, 5) is 0. The Labute approximate surface area is 268 Å². The van der Waals surface area contributed by atoms with Crippen LogP contribution >= 0.6 is 29.7 Å². The van der Waals surface area contributed by atoms with E-state index in [4.69, 9.17) is 18.6 Å². The minimum atomic E-state index is -2.19. The summed E-state index contributed by atoms with van der Waals surface area (Å²) >= 11 is 2.33. The Morgan fingerprint density at radius 2 is 1.07 bits per heavy atom. The Morgan fingerprint density at radius 1 is 0.683 bits per heavy atom. The molecule has 4 nitrogen and oxygen atoms in total. The molecule has 41 heavy (non-hydrogen) atoms. The second kappa shape index (κ2) is 18.5. The largest absolute Gasteiger partial charge is 0.398 e. The van der Waals surface area contributed by atoms with Gasteiger partial charge in [-0.1, -0.05) is 81.0 Å². The first-order chi connectivity index (χ1) is 19.4. The van der Waals surface area contributed by atoms with Gasteiger partial charge in [-0.05, 0) is 132 Å². The molecule has 0 unspecified atom stereocenters. The Balaban J connectivity index is 0. The first kappa shape index (κ1) is 39.0. The zero-order chi connectivity index (χ0) is 33.5. The molecule has 0 aliphatic rings. The van der Waals surface area contributed by atoms with Gasteiger partial charge in [0.2, 0.25) is 0 Å². The highest BCUT2D eigenvalue weighted by molar-refractivity contribution is 14.1. The molecule has 232 valence electrons.